The van der Waals surface area contributed by atoms with Crippen molar-refractivity contribution in [2.24, 2.45) is 10.8 Å². The predicted octanol–water partition coefficient (Wildman–Crippen LogP) is 0.816. The van der Waals surface area contributed by atoms with Crippen molar-refractivity contribution >= 4 is 16.9 Å². The van der Waals surface area contributed by atoms with Gasteiger partial charge in [-0.15, -0.1) is 0 Å². The van der Waals surface area contributed by atoms with Gasteiger partial charge in [0, 0.05) is 25.2 Å². The zero-order valence-corrected chi connectivity index (χ0v) is 10.4. The number of hydrazine groups is 1. The standard InChI is InChI=1S/C13H17N5/c1-15-13(18-14)17-9-7-11-5-2-4-10-6-3-8-16-12(10)11/h2-6,8H,7,9,14H2,1H3,(H2,15,17,18). The van der Waals surface area contributed by atoms with Crippen molar-refractivity contribution in [1.82, 2.24) is 15.7 Å². The van der Waals surface area contributed by atoms with Crippen LogP contribution in [0.5, 0.6) is 0 Å². The Morgan fingerprint density at radius 1 is 1.33 bits per heavy atom. The Hall–Kier alpha value is -2.14. The van der Waals surface area contributed by atoms with Crippen molar-refractivity contribution in [3.63, 3.8) is 0 Å². The van der Waals surface area contributed by atoms with Gasteiger partial charge >= 0.3 is 0 Å². The van der Waals surface area contributed by atoms with Crippen molar-refractivity contribution in [3.05, 3.63) is 42.1 Å². The molecule has 5 nitrogen and oxygen atoms in total. The Kier molecular flexibility index (Phi) is 4.09. The number of rotatable bonds is 3. The van der Waals surface area contributed by atoms with Crippen LogP contribution < -0.4 is 16.6 Å². The average Bonchev–Trinajstić information content (AvgIpc) is 2.44. The fraction of sp³-hybridized carbons (Fsp3) is 0.231. The second-order valence-corrected chi connectivity index (χ2v) is 3.89. The summed E-state index contributed by atoms with van der Waals surface area (Å²) in [5.74, 6) is 5.88. The van der Waals surface area contributed by atoms with Crippen molar-refractivity contribution < 1.29 is 0 Å². The van der Waals surface area contributed by atoms with Crippen LogP contribution in [0.4, 0.5) is 0 Å². The molecule has 0 saturated heterocycles. The lowest BCUT2D eigenvalue weighted by molar-refractivity contribution is 0.818. The summed E-state index contributed by atoms with van der Waals surface area (Å²) in [4.78, 5) is 8.37. The number of nitrogens with two attached hydrogens (primary N) is 1. The fourth-order valence-electron chi connectivity index (χ4n) is 1.88. The maximum atomic E-state index is 5.30. The van der Waals surface area contributed by atoms with Gasteiger partial charge in [-0.3, -0.25) is 15.4 Å². The number of guanidine groups is 1. The highest BCUT2D eigenvalue weighted by Crippen LogP contribution is 2.15. The first-order valence-electron chi connectivity index (χ1n) is 5.85. The largest absolute Gasteiger partial charge is 0.355 e. The van der Waals surface area contributed by atoms with Crippen LogP contribution in [-0.2, 0) is 6.42 Å². The van der Waals surface area contributed by atoms with E-state index in [4.69, 9.17) is 5.84 Å². The van der Waals surface area contributed by atoms with Crippen LogP contribution in [0.1, 0.15) is 5.56 Å². The first-order valence-corrected chi connectivity index (χ1v) is 5.85. The van der Waals surface area contributed by atoms with Gasteiger partial charge in [-0.1, -0.05) is 24.3 Å². The molecule has 5 heteroatoms. The topological polar surface area (TPSA) is 75.3 Å². The maximum Gasteiger partial charge on any atom is 0.205 e. The van der Waals surface area contributed by atoms with Gasteiger partial charge in [0.25, 0.3) is 0 Å². The number of hydrogen-bond donors (Lipinski definition) is 3. The average molecular weight is 243 g/mol. The van der Waals surface area contributed by atoms with Gasteiger partial charge in [0.05, 0.1) is 5.52 Å². The van der Waals surface area contributed by atoms with E-state index in [2.05, 4.69) is 45.0 Å². The lowest BCUT2D eigenvalue weighted by Crippen LogP contribution is -2.42. The summed E-state index contributed by atoms with van der Waals surface area (Å²) in [7, 11) is 1.68. The summed E-state index contributed by atoms with van der Waals surface area (Å²) in [6.07, 6.45) is 2.69. The molecule has 0 aliphatic carbocycles. The number of hydrogen-bond acceptors (Lipinski definition) is 3. The normalized spacial score (nSPS) is 11.6. The van der Waals surface area contributed by atoms with Gasteiger partial charge in [-0.05, 0) is 18.1 Å². The molecule has 1 aromatic heterocycles. The minimum Gasteiger partial charge on any atom is -0.355 e. The molecule has 94 valence electrons. The Morgan fingerprint density at radius 2 is 2.17 bits per heavy atom. The van der Waals surface area contributed by atoms with E-state index in [-0.39, 0.29) is 0 Å². The summed E-state index contributed by atoms with van der Waals surface area (Å²) in [6.45, 7) is 0.757. The molecule has 18 heavy (non-hydrogen) atoms. The van der Waals surface area contributed by atoms with E-state index < -0.39 is 0 Å². The van der Waals surface area contributed by atoms with Crippen molar-refractivity contribution in [3.8, 4) is 0 Å². The van der Waals surface area contributed by atoms with E-state index in [1.54, 1.807) is 7.05 Å². The third-order valence-electron chi connectivity index (χ3n) is 2.76. The Morgan fingerprint density at radius 3 is 2.94 bits per heavy atom. The lowest BCUT2D eigenvalue weighted by atomic mass is 10.1. The molecule has 0 bridgehead atoms. The molecule has 1 heterocycles. The van der Waals surface area contributed by atoms with Gasteiger partial charge in [0.1, 0.15) is 0 Å². The smallest absolute Gasteiger partial charge is 0.205 e. The maximum absolute atomic E-state index is 5.30. The number of nitrogens with one attached hydrogen (secondary N) is 2. The minimum absolute atomic E-state index is 0.586. The summed E-state index contributed by atoms with van der Waals surface area (Å²) < 4.78 is 0. The predicted molar refractivity (Wildman–Crippen MR) is 74.1 cm³/mol. The van der Waals surface area contributed by atoms with E-state index in [0.717, 1.165) is 23.9 Å². The Balaban J connectivity index is 2.08. The molecule has 1 aromatic carbocycles. The number of pyridine rings is 1. The molecular weight excluding hydrogens is 226 g/mol. The van der Waals surface area contributed by atoms with Gasteiger partial charge < -0.3 is 5.32 Å². The molecule has 0 amide bonds. The highest BCUT2D eigenvalue weighted by molar-refractivity contribution is 5.82. The van der Waals surface area contributed by atoms with Crippen molar-refractivity contribution in [2.75, 3.05) is 13.6 Å². The highest BCUT2D eigenvalue weighted by atomic mass is 15.3. The minimum atomic E-state index is 0.586. The summed E-state index contributed by atoms with van der Waals surface area (Å²) >= 11 is 0. The molecule has 0 radical (unpaired) electrons. The summed E-state index contributed by atoms with van der Waals surface area (Å²) in [5.41, 5.74) is 4.77. The van der Waals surface area contributed by atoms with E-state index in [1.165, 1.54) is 5.56 Å². The van der Waals surface area contributed by atoms with Crippen LogP contribution in [0.25, 0.3) is 10.9 Å². The molecule has 0 atom stereocenters. The molecule has 2 rings (SSSR count). The Bertz CT molecular complexity index is 545. The van der Waals surface area contributed by atoms with E-state index in [1.807, 2.05) is 12.3 Å². The number of benzene rings is 1. The highest BCUT2D eigenvalue weighted by Gasteiger charge is 2.01. The quantitative estimate of drug-likeness (QED) is 0.323. The fourth-order valence-corrected chi connectivity index (χ4v) is 1.88. The molecule has 2 aromatic rings. The van der Waals surface area contributed by atoms with Crippen LogP contribution in [-0.4, -0.2) is 24.5 Å². The number of para-hydroxylation sites is 1. The van der Waals surface area contributed by atoms with Crippen molar-refractivity contribution in [1.29, 1.82) is 0 Å². The second kappa shape index (κ2) is 5.97. The van der Waals surface area contributed by atoms with Crippen molar-refractivity contribution in [2.45, 2.75) is 6.42 Å². The molecule has 0 aliphatic rings. The Labute approximate surface area is 106 Å². The number of nitrogens with zero attached hydrogens (tertiary/aromatic N) is 2. The second-order valence-electron chi connectivity index (χ2n) is 3.89. The summed E-state index contributed by atoms with van der Waals surface area (Å²) in [5, 5.41) is 4.28. The van der Waals surface area contributed by atoms with Crippen LogP contribution in [0.15, 0.2) is 41.5 Å². The van der Waals surface area contributed by atoms with E-state index in [9.17, 15) is 0 Å². The van der Waals surface area contributed by atoms with Gasteiger partial charge in [0.15, 0.2) is 0 Å². The zero-order valence-electron chi connectivity index (χ0n) is 10.4. The first-order chi connectivity index (χ1) is 8.85. The van der Waals surface area contributed by atoms with Gasteiger partial charge in [-0.25, -0.2) is 5.84 Å². The third kappa shape index (κ3) is 2.75. The number of fused-ring (bicyclic) bond motifs is 1. The van der Waals surface area contributed by atoms with Crippen LogP contribution in [0.2, 0.25) is 0 Å². The molecule has 0 fully saturated rings. The van der Waals surface area contributed by atoms with E-state index in [0.29, 0.717) is 5.96 Å². The zero-order chi connectivity index (χ0) is 12.8. The molecule has 4 N–H and O–H groups in total. The monoisotopic (exact) mass is 243 g/mol. The molecule has 0 aliphatic heterocycles. The molecule has 0 unspecified atom stereocenters. The molecular formula is C13H17N5. The lowest BCUT2D eigenvalue weighted by Gasteiger charge is -2.09. The van der Waals surface area contributed by atoms with Crippen LogP contribution >= 0.6 is 0 Å². The van der Waals surface area contributed by atoms with Gasteiger partial charge in [0.2, 0.25) is 5.96 Å². The van der Waals surface area contributed by atoms with Crippen LogP contribution in [0, 0.1) is 0 Å². The van der Waals surface area contributed by atoms with Gasteiger partial charge in [-0.2, -0.15) is 0 Å². The van der Waals surface area contributed by atoms with E-state index >= 15 is 0 Å². The summed E-state index contributed by atoms with van der Waals surface area (Å²) in [6, 6.07) is 10.2. The van der Waals surface area contributed by atoms with Crippen LogP contribution in [0.3, 0.4) is 0 Å². The third-order valence-corrected chi connectivity index (χ3v) is 2.76. The SMILES string of the molecule is CN=C(NN)NCCc1cccc2cccnc12. The number of aromatic nitrogens is 1. The molecule has 0 saturated carbocycles. The molecule has 0 spiro atoms. The first kappa shape index (κ1) is 12.3. The number of aliphatic imine (C=N–C) groups is 1.